The van der Waals surface area contributed by atoms with Crippen LogP contribution in [0.15, 0.2) is 42.5 Å². The quantitative estimate of drug-likeness (QED) is 0.922. The van der Waals surface area contributed by atoms with Crippen LogP contribution in [0.5, 0.6) is 5.75 Å². The van der Waals surface area contributed by atoms with E-state index in [1.54, 1.807) is 13.2 Å². The molecule has 0 aromatic heterocycles. The molecular formula is C18H22N2O2. The second-order valence-electron chi connectivity index (χ2n) is 5.43. The summed E-state index contributed by atoms with van der Waals surface area (Å²) in [5.41, 5.74) is 3.82. The first-order valence-electron chi connectivity index (χ1n) is 7.20. The number of hydrogen-bond acceptors (Lipinski definition) is 3. The predicted octanol–water partition coefficient (Wildman–Crippen LogP) is 3.00. The average Bonchev–Trinajstić information content (AvgIpc) is 2.53. The maximum atomic E-state index is 12.2. The van der Waals surface area contributed by atoms with Crippen molar-refractivity contribution in [3.8, 4) is 5.75 Å². The lowest BCUT2D eigenvalue weighted by Gasteiger charge is -2.13. The Bertz CT molecular complexity index is 649. The zero-order valence-corrected chi connectivity index (χ0v) is 13.5. The number of hydrogen-bond donors (Lipinski definition) is 1. The Hall–Kier alpha value is -2.49. The molecule has 0 fully saturated rings. The standard InChI is InChI=1S/C18H22N2O2/c1-13-5-8-15(11-17(13)22-4)18(21)19-12-14-6-9-16(10-7-14)20(2)3/h5-11H,12H2,1-4H3,(H,19,21). The zero-order valence-electron chi connectivity index (χ0n) is 13.5. The summed E-state index contributed by atoms with van der Waals surface area (Å²) in [5.74, 6) is 0.623. The molecule has 0 spiro atoms. The number of benzene rings is 2. The van der Waals surface area contributed by atoms with E-state index in [4.69, 9.17) is 4.74 Å². The SMILES string of the molecule is COc1cc(C(=O)NCc2ccc(N(C)C)cc2)ccc1C. The molecule has 22 heavy (non-hydrogen) atoms. The van der Waals surface area contributed by atoms with Crippen LogP contribution in [-0.4, -0.2) is 27.1 Å². The van der Waals surface area contributed by atoms with Gasteiger partial charge in [-0.05, 0) is 42.3 Å². The average molecular weight is 298 g/mol. The lowest BCUT2D eigenvalue weighted by Crippen LogP contribution is -2.22. The van der Waals surface area contributed by atoms with E-state index in [2.05, 4.69) is 5.32 Å². The van der Waals surface area contributed by atoms with Crippen molar-refractivity contribution >= 4 is 11.6 Å². The van der Waals surface area contributed by atoms with Crippen LogP contribution in [0.25, 0.3) is 0 Å². The molecule has 0 aliphatic rings. The molecule has 2 aromatic carbocycles. The van der Waals surface area contributed by atoms with Crippen LogP contribution in [0, 0.1) is 6.92 Å². The molecule has 2 rings (SSSR count). The Morgan fingerprint density at radius 3 is 2.41 bits per heavy atom. The van der Waals surface area contributed by atoms with Crippen molar-refractivity contribution in [3.63, 3.8) is 0 Å². The number of amides is 1. The number of ether oxygens (including phenoxy) is 1. The molecule has 116 valence electrons. The van der Waals surface area contributed by atoms with E-state index in [1.807, 2.05) is 62.3 Å². The van der Waals surface area contributed by atoms with E-state index in [9.17, 15) is 4.79 Å². The summed E-state index contributed by atoms with van der Waals surface area (Å²) in [6, 6.07) is 13.6. The molecule has 0 aliphatic heterocycles. The minimum Gasteiger partial charge on any atom is -0.496 e. The summed E-state index contributed by atoms with van der Waals surface area (Å²) in [6.45, 7) is 2.45. The third-order valence-electron chi connectivity index (χ3n) is 3.58. The second-order valence-corrected chi connectivity index (χ2v) is 5.43. The minimum absolute atomic E-state index is 0.102. The molecule has 2 aromatic rings. The van der Waals surface area contributed by atoms with Crippen molar-refractivity contribution in [1.82, 2.24) is 5.32 Å². The van der Waals surface area contributed by atoms with E-state index in [1.165, 1.54) is 0 Å². The van der Waals surface area contributed by atoms with Gasteiger partial charge in [0.15, 0.2) is 0 Å². The van der Waals surface area contributed by atoms with Crippen molar-refractivity contribution in [2.45, 2.75) is 13.5 Å². The summed E-state index contributed by atoms with van der Waals surface area (Å²) in [4.78, 5) is 14.2. The molecule has 0 radical (unpaired) electrons. The predicted molar refractivity (Wildman–Crippen MR) is 89.7 cm³/mol. The highest BCUT2D eigenvalue weighted by Gasteiger charge is 2.08. The smallest absolute Gasteiger partial charge is 0.251 e. The van der Waals surface area contributed by atoms with E-state index in [-0.39, 0.29) is 5.91 Å². The normalized spacial score (nSPS) is 10.2. The van der Waals surface area contributed by atoms with Crippen molar-refractivity contribution in [3.05, 3.63) is 59.2 Å². The fourth-order valence-electron chi connectivity index (χ4n) is 2.16. The summed E-state index contributed by atoms with van der Waals surface area (Å²) in [6.07, 6.45) is 0. The van der Waals surface area contributed by atoms with Gasteiger partial charge in [0, 0.05) is 31.9 Å². The summed E-state index contributed by atoms with van der Waals surface area (Å²) < 4.78 is 5.25. The van der Waals surface area contributed by atoms with E-state index in [0.717, 1.165) is 22.6 Å². The van der Waals surface area contributed by atoms with E-state index in [0.29, 0.717) is 12.1 Å². The van der Waals surface area contributed by atoms with Gasteiger partial charge in [-0.3, -0.25) is 4.79 Å². The highest BCUT2D eigenvalue weighted by Crippen LogP contribution is 2.19. The van der Waals surface area contributed by atoms with Crippen LogP contribution in [0.3, 0.4) is 0 Å². The number of carbonyl (C=O) groups excluding carboxylic acids is 1. The van der Waals surface area contributed by atoms with Gasteiger partial charge in [-0.15, -0.1) is 0 Å². The molecule has 0 heterocycles. The van der Waals surface area contributed by atoms with Gasteiger partial charge >= 0.3 is 0 Å². The number of methoxy groups -OCH3 is 1. The monoisotopic (exact) mass is 298 g/mol. The van der Waals surface area contributed by atoms with Crippen LogP contribution in [0.4, 0.5) is 5.69 Å². The van der Waals surface area contributed by atoms with Crippen molar-refractivity contribution < 1.29 is 9.53 Å². The Balaban J connectivity index is 2.00. The Morgan fingerprint density at radius 1 is 1.14 bits per heavy atom. The van der Waals surface area contributed by atoms with E-state index < -0.39 is 0 Å². The molecule has 0 saturated carbocycles. The second kappa shape index (κ2) is 6.98. The first-order valence-corrected chi connectivity index (χ1v) is 7.20. The van der Waals surface area contributed by atoms with Crippen LogP contribution < -0.4 is 15.0 Å². The topological polar surface area (TPSA) is 41.6 Å². The molecular weight excluding hydrogens is 276 g/mol. The van der Waals surface area contributed by atoms with Crippen LogP contribution >= 0.6 is 0 Å². The fraction of sp³-hybridized carbons (Fsp3) is 0.278. The maximum Gasteiger partial charge on any atom is 0.251 e. The number of rotatable bonds is 5. The van der Waals surface area contributed by atoms with Gasteiger partial charge < -0.3 is 15.0 Å². The first kappa shape index (κ1) is 15.9. The summed E-state index contributed by atoms with van der Waals surface area (Å²) >= 11 is 0. The van der Waals surface area contributed by atoms with Crippen molar-refractivity contribution in [1.29, 1.82) is 0 Å². The highest BCUT2D eigenvalue weighted by atomic mass is 16.5. The number of aryl methyl sites for hydroxylation is 1. The lowest BCUT2D eigenvalue weighted by molar-refractivity contribution is 0.0950. The van der Waals surface area contributed by atoms with Gasteiger partial charge in [0.25, 0.3) is 5.91 Å². The van der Waals surface area contributed by atoms with Gasteiger partial charge in [-0.1, -0.05) is 18.2 Å². The Kier molecular flexibility index (Phi) is 5.04. The van der Waals surface area contributed by atoms with E-state index >= 15 is 0 Å². The largest absolute Gasteiger partial charge is 0.496 e. The highest BCUT2D eigenvalue weighted by molar-refractivity contribution is 5.94. The van der Waals surface area contributed by atoms with Gasteiger partial charge in [0.1, 0.15) is 5.75 Å². The molecule has 0 bridgehead atoms. The first-order chi connectivity index (χ1) is 10.5. The van der Waals surface area contributed by atoms with Gasteiger partial charge in [-0.2, -0.15) is 0 Å². The van der Waals surface area contributed by atoms with Crippen molar-refractivity contribution in [2.24, 2.45) is 0 Å². The van der Waals surface area contributed by atoms with Gasteiger partial charge in [0.05, 0.1) is 7.11 Å². The molecule has 4 heteroatoms. The molecule has 0 unspecified atom stereocenters. The molecule has 0 aliphatic carbocycles. The third-order valence-corrected chi connectivity index (χ3v) is 3.58. The minimum atomic E-state index is -0.102. The molecule has 1 amide bonds. The number of anilines is 1. The zero-order chi connectivity index (χ0) is 16.1. The third kappa shape index (κ3) is 3.79. The maximum absolute atomic E-state index is 12.2. The Labute approximate surface area is 131 Å². The van der Waals surface area contributed by atoms with Crippen LogP contribution in [-0.2, 0) is 6.54 Å². The Morgan fingerprint density at radius 2 is 1.82 bits per heavy atom. The molecule has 0 atom stereocenters. The van der Waals surface area contributed by atoms with Crippen LogP contribution in [0.1, 0.15) is 21.5 Å². The van der Waals surface area contributed by atoms with Crippen molar-refractivity contribution in [2.75, 3.05) is 26.1 Å². The molecule has 4 nitrogen and oxygen atoms in total. The lowest BCUT2D eigenvalue weighted by atomic mass is 10.1. The van der Waals surface area contributed by atoms with Crippen LogP contribution in [0.2, 0.25) is 0 Å². The fourth-order valence-corrected chi connectivity index (χ4v) is 2.16. The van der Waals surface area contributed by atoms with Gasteiger partial charge in [0.2, 0.25) is 0 Å². The summed E-state index contributed by atoms with van der Waals surface area (Å²) in [7, 11) is 5.61. The summed E-state index contributed by atoms with van der Waals surface area (Å²) in [5, 5.41) is 2.93. The van der Waals surface area contributed by atoms with Gasteiger partial charge in [-0.25, -0.2) is 0 Å². The molecule has 0 saturated heterocycles. The number of carbonyl (C=O) groups is 1. The number of nitrogens with one attached hydrogen (secondary N) is 1. The number of nitrogens with zero attached hydrogens (tertiary/aromatic N) is 1. The molecule has 1 N–H and O–H groups in total.